The molecule has 98 valence electrons. The lowest BCUT2D eigenvalue weighted by Crippen LogP contribution is -2.40. The normalized spacial score (nSPS) is 9.94. The van der Waals surface area contributed by atoms with Crippen LogP contribution in [0.1, 0.15) is 12.0 Å². The van der Waals surface area contributed by atoms with Gasteiger partial charge < -0.3 is 4.90 Å². The van der Waals surface area contributed by atoms with Gasteiger partial charge in [0.25, 0.3) is 0 Å². The Balaban J connectivity index is 2.55. The molecule has 6 heteroatoms. The number of carbonyl (C=O) groups excluding carboxylic acids is 2. The number of urea groups is 1. The predicted octanol–water partition coefficient (Wildman–Crippen LogP) is 2.12. The molecule has 0 unspecified atom stereocenters. The maximum atomic E-state index is 13.4. The van der Waals surface area contributed by atoms with E-state index >= 15 is 0 Å². The highest BCUT2D eigenvalue weighted by Crippen LogP contribution is 2.08. The first-order chi connectivity index (χ1) is 8.54. The molecule has 1 N–H and O–H groups in total. The number of nitrogens with zero attached hydrogens (tertiary/aromatic N) is 1. The minimum atomic E-state index is -0.576. The Morgan fingerprint density at radius 2 is 2.06 bits per heavy atom. The number of nitrogens with one attached hydrogen (secondary N) is 1. The molecule has 1 rings (SSSR count). The number of alkyl halides is 1. The van der Waals surface area contributed by atoms with E-state index < -0.39 is 11.9 Å². The van der Waals surface area contributed by atoms with Crippen LogP contribution in [0.15, 0.2) is 24.3 Å². The molecular formula is C12H14ClFN2O2. The molecule has 3 amide bonds. The van der Waals surface area contributed by atoms with Gasteiger partial charge in [-0.3, -0.25) is 10.1 Å². The monoisotopic (exact) mass is 272 g/mol. The third kappa shape index (κ3) is 4.33. The average Bonchev–Trinajstić information content (AvgIpc) is 2.32. The number of imide groups is 1. The third-order valence-electron chi connectivity index (χ3n) is 2.28. The Morgan fingerprint density at radius 3 is 2.67 bits per heavy atom. The van der Waals surface area contributed by atoms with Crippen LogP contribution in [0.3, 0.4) is 0 Å². The van der Waals surface area contributed by atoms with E-state index in [0.29, 0.717) is 5.56 Å². The second-order valence-corrected chi connectivity index (χ2v) is 4.12. The van der Waals surface area contributed by atoms with Crippen LogP contribution in [0.25, 0.3) is 0 Å². The van der Waals surface area contributed by atoms with Gasteiger partial charge in [-0.05, 0) is 6.07 Å². The number of halogens is 2. The van der Waals surface area contributed by atoms with Crippen molar-refractivity contribution in [1.29, 1.82) is 0 Å². The van der Waals surface area contributed by atoms with E-state index in [1.165, 1.54) is 18.0 Å². The largest absolute Gasteiger partial charge is 0.324 e. The first kappa shape index (κ1) is 14.4. The smallest absolute Gasteiger partial charge is 0.323 e. The predicted molar refractivity (Wildman–Crippen MR) is 66.7 cm³/mol. The molecule has 0 radical (unpaired) electrons. The highest BCUT2D eigenvalue weighted by Gasteiger charge is 2.13. The first-order valence-corrected chi connectivity index (χ1v) is 5.92. The van der Waals surface area contributed by atoms with E-state index in [4.69, 9.17) is 11.6 Å². The summed E-state index contributed by atoms with van der Waals surface area (Å²) in [5.41, 5.74) is 0.389. The summed E-state index contributed by atoms with van der Waals surface area (Å²) in [6, 6.07) is 5.58. The van der Waals surface area contributed by atoms with E-state index in [0.717, 1.165) is 0 Å². The van der Waals surface area contributed by atoms with Gasteiger partial charge in [0.15, 0.2) is 0 Å². The number of hydrogen-bond donors (Lipinski definition) is 1. The Morgan fingerprint density at radius 1 is 1.39 bits per heavy atom. The van der Waals surface area contributed by atoms with Crippen LogP contribution in [0.2, 0.25) is 0 Å². The van der Waals surface area contributed by atoms with E-state index in [2.05, 4.69) is 5.32 Å². The van der Waals surface area contributed by atoms with E-state index in [1.54, 1.807) is 18.2 Å². The van der Waals surface area contributed by atoms with Gasteiger partial charge in [-0.1, -0.05) is 18.2 Å². The van der Waals surface area contributed by atoms with Crippen molar-refractivity contribution >= 4 is 23.5 Å². The van der Waals surface area contributed by atoms with Gasteiger partial charge in [0.05, 0.1) is 0 Å². The van der Waals surface area contributed by atoms with Crippen LogP contribution in [0.4, 0.5) is 9.18 Å². The lowest BCUT2D eigenvalue weighted by molar-refractivity contribution is -0.119. The van der Waals surface area contributed by atoms with E-state index in [1.807, 2.05) is 0 Å². The van der Waals surface area contributed by atoms with E-state index in [9.17, 15) is 14.0 Å². The summed E-state index contributed by atoms with van der Waals surface area (Å²) in [5, 5.41) is 2.16. The maximum absolute atomic E-state index is 13.4. The first-order valence-electron chi connectivity index (χ1n) is 5.39. The number of rotatable bonds is 4. The molecule has 0 aromatic heterocycles. The number of benzene rings is 1. The molecule has 1 aromatic rings. The topological polar surface area (TPSA) is 49.4 Å². The van der Waals surface area contributed by atoms with Crippen LogP contribution in [-0.4, -0.2) is 29.8 Å². The van der Waals surface area contributed by atoms with Crippen molar-refractivity contribution in [3.63, 3.8) is 0 Å². The fourth-order valence-corrected chi connectivity index (χ4v) is 1.49. The number of amides is 3. The molecule has 0 saturated heterocycles. The molecule has 1 aromatic carbocycles. The molecule has 18 heavy (non-hydrogen) atoms. The summed E-state index contributed by atoms with van der Waals surface area (Å²) < 4.78 is 13.4. The van der Waals surface area contributed by atoms with Crippen molar-refractivity contribution in [3.8, 4) is 0 Å². The van der Waals surface area contributed by atoms with Gasteiger partial charge in [-0.25, -0.2) is 9.18 Å². The van der Waals surface area contributed by atoms with Gasteiger partial charge >= 0.3 is 6.03 Å². The molecule has 0 saturated carbocycles. The third-order valence-corrected chi connectivity index (χ3v) is 2.47. The second-order valence-electron chi connectivity index (χ2n) is 3.74. The number of hydrogen-bond acceptors (Lipinski definition) is 2. The molecule has 4 nitrogen and oxygen atoms in total. The van der Waals surface area contributed by atoms with Crippen molar-refractivity contribution in [2.45, 2.75) is 13.0 Å². The quantitative estimate of drug-likeness (QED) is 0.854. The Labute approximate surface area is 110 Å². The van der Waals surface area contributed by atoms with Crippen molar-refractivity contribution in [2.75, 3.05) is 12.9 Å². The SMILES string of the molecule is CN(Cc1ccccc1F)C(=O)NC(=O)CCCl. The fraction of sp³-hybridized carbons (Fsp3) is 0.333. The molecule has 0 atom stereocenters. The Hall–Kier alpha value is -1.62. The highest BCUT2D eigenvalue weighted by atomic mass is 35.5. The molecule has 0 aliphatic heterocycles. The lowest BCUT2D eigenvalue weighted by atomic mass is 10.2. The fourth-order valence-electron chi connectivity index (χ4n) is 1.32. The second kappa shape index (κ2) is 6.96. The van der Waals surface area contributed by atoms with Gasteiger partial charge in [0, 0.05) is 31.5 Å². The van der Waals surface area contributed by atoms with Crippen molar-refractivity contribution in [1.82, 2.24) is 10.2 Å². The Bertz CT molecular complexity index is 440. The van der Waals surface area contributed by atoms with Crippen LogP contribution in [0.5, 0.6) is 0 Å². The van der Waals surface area contributed by atoms with E-state index in [-0.39, 0.29) is 24.7 Å². The van der Waals surface area contributed by atoms with Crippen LogP contribution in [0, 0.1) is 5.82 Å². The summed E-state index contributed by atoms with van der Waals surface area (Å²) in [5.74, 6) is -0.685. The molecule has 0 aliphatic carbocycles. The van der Waals surface area contributed by atoms with Gasteiger partial charge in [0.1, 0.15) is 5.82 Å². The van der Waals surface area contributed by atoms with Crippen LogP contribution < -0.4 is 5.32 Å². The minimum Gasteiger partial charge on any atom is -0.323 e. The Kier molecular flexibility index (Phi) is 5.58. The summed E-state index contributed by atoms with van der Waals surface area (Å²) >= 11 is 5.37. The van der Waals surface area contributed by atoms with Gasteiger partial charge in [0.2, 0.25) is 5.91 Å². The molecule has 0 spiro atoms. The van der Waals surface area contributed by atoms with Crippen molar-refractivity contribution < 1.29 is 14.0 Å². The van der Waals surface area contributed by atoms with Crippen molar-refractivity contribution in [2.24, 2.45) is 0 Å². The summed E-state index contributed by atoms with van der Waals surface area (Å²) in [6.45, 7) is 0.0899. The molecule has 0 bridgehead atoms. The average molecular weight is 273 g/mol. The zero-order valence-electron chi connectivity index (χ0n) is 9.95. The zero-order chi connectivity index (χ0) is 13.5. The lowest BCUT2D eigenvalue weighted by Gasteiger charge is -2.17. The zero-order valence-corrected chi connectivity index (χ0v) is 10.7. The van der Waals surface area contributed by atoms with Crippen LogP contribution >= 0.6 is 11.6 Å². The van der Waals surface area contributed by atoms with Gasteiger partial charge in [-0.2, -0.15) is 0 Å². The molecule has 0 aliphatic rings. The maximum Gasteiger partial charge on any atom is 0.324 e. The summed E-state index contributed by atoms with van der Waals surface area (Å²) in [7, 11) is 1.48. The summed E-state index contributed by atoms with van der Waals surface area (Å²) in [6.07, 6.45) is 0.0703. The molecular weight excluding hydrogens is 259 g/mol. The van der Waals surface area contributed by atoms with Gasteiger partial charge in [-0.15, -0.1) is 11.6 Å². The van der Waals surface area contributed by atoms with Crippen molar-refractivity contribution in [3.05, 3.63) is 35.6 Å². The molecule has 0 fully saturated rings. The number of carbonyl (C=O) groups is 2. The molecule has 0 heterocycles. The minimum absolute atomic E-state index is 0.0703. The standard InChI is InChI=1S/C12H14ClFN2O2/c1-16(12(18)15-11(17)6-7-13)8-9-4-2-3-5-10(9)14/h2-5H,6-8H2,1H3,(H,15,17,18). The van der Waals surface area contributed by atoms with Crippen LogP contribution in [-0.2, 0) is 11.3 Å². The highest BCUT2D eigenvalue weighted by molar-refractivity contribution is 6.19. The summed E-state index contributed by atoms with van der Waals surface area (Å²) in [4.78, 5) is 24.0.